The molecule has 2 N–H and O–H groups in total. The maximum Gasteiger partial charge on any atom is 0.251 e. The second-order valence-corrected chi connectivity index (χ2v) is 7.29. The Balaban J connectivity index is 2.12. The number of H-pyrrole nitrogens is 1. The van der Waals surface area contributed by atoms with Crippen LogP contribution in [-0.2, 0) is 11.2 Å². The monoisotopic (exact) mass is 359 g/mol. The summed E-state index contributed by atoms with van der Waals surface area (Å²) in [5.41, 5.74) is 3.70. The second-order valence-electron chi connectivity index (χ2n) is 6.09. The summed E-state index contributed by atoms with van der Waals surface area (Å²) in [5.74, 6) is -0.0840. The average molecular weight is 359 g/mol. The summed E-state index contributed by atoms with van der Waals surface area (Å²) in [4.78, 5) is 31.5. The van der Waals surface area contributed by atoms with Gasteiger partial charge in [0, 0.05) is 17.4 Å². The minimum Gasteiger partial charge on any atom is -0.325 e. The Kier molecular flexibility index (Phi) is 6.82. The van der Waals surface area contributed by atoms with Crippen LogP contribution in [0.15, 0.2) is 34.2 Å². The van der Waals surface area contributed by atoms with Gasteiger partial charge in [-0.3, -0.25) is 9.59 Å². The fraction of sp³-hybridized carbons (Fsp3) is 0.421. The van der Waals surface area contributed by atoms with Gasteiger partial charge in [0.2, 0.25) is 5.91 Å². The summed E-state index contributed by atoms with van der Waals surface area (Å²) in [6.45, 7) is 8.05. The highest BCUT2D eigenvalue weighted by Gasteiger charge is 2.20. The van der Waals surface area contributed by atoms with Crippen molar-refractivity contribution >= 4 is 23.4 Å². The summed E-state index contributed by atoms with van der Waals surface area (Å²) < 4.78 is 0. The summed E-state index contributed by atoms with van der Waals surface area (Å²) in [6, 6.07) is 7.38. The zero-order valence-electron chi connectivity index (χ0n) is 15.2. The molecule has 2 rings (SSSR count). The molecule has 0 aliphatic rings. The molecule has 5 nitrogen and oxygen atoms in total. The van der Waals surface area contributed by atoms with Gasteiger partial charge in [-0.1, -0.05) is 38.1 Å². The molecule has 0 saturated heterocycles. The van der Waals surface area contributed by atoms with E-state index < -0.39 is 0 Å². The third kappa shape index (κ3) is 5.46. The quantitative estimate of drug-likeness (QED) is 0.582. The average Bonchev–Trinajstić information content (AvgIpc) is 2.55. The SMILES string of the molecule is CCCc1cc(=O)[nH]c(SC(CC)C(=O)Nc2ccc(C)c(C)c2)n1. The van der Waals surface area contributed by atoms with Crippen LogP contribution in [0.5, 0.6) is 0 Å². The molecule has 1 aromatic heterocycles. The molecule has 0 spiro atoms. The maximum absolute atomic E-state index is 12.6. The van der Waals surface area contributed by atoms with Crippen LogP contribution in [0.3, 0.4) is 0 Å². The molecule has 1 aromatic carbocycles. The Bertz CT molecular complexity index is 801. The molecular weight excluding hydrogens is 334 g/mol. The minimum absolute atomic E-state index is 0.0840. The molecule has 1 unspecified atom stereocenters. The number of hydrogen-bond acceptors (Lipinski definition) is 4. The van der Waals surface area contributed by atoms with Crippen LogP contribution >= 0.6 is 11.8 Å². The van der Waals surface area contributed by atoms with Crippen LogP contribution in [0, 0.1) is 13.8 Å². The van der Waals surface area contributed by atoms with Crippen LogP contribution < -0.4 is 10.9 Å². The number of aryl methyl sites for hydroxylation is 3. The summed E-state index contributed by atoms with van der Waals surface area (Å²) >= 11 is 1.30. The minimum atomic E-state index is -0.318. The molecule has 0 aliphatic carbocycles. The number of aromatic amines is 1. The number of nitrogens with one attached hydrogen (secondary N) is 2. The molecule has 0 bridgehead atoms. The molecule has 25 heavy (non-hydrogen) atoms. The van der Waals surface area contributed by atoms with Crippen LogP contribution in [0.4, 0.5) is 5.69 Å². The van der Waals surface area contributed by atoms with Crippen molar-refractivity contribution < 1.29 is 4.79 Å². The van der Waals surface area contributed by atoms with Crippen molar-refractivity contribution in [2.24, 2.45) is 0 Å². The van der Waals surface area contributed by atoms with Crippen molar-refractivity contribution in [1.82, 2.24) is 9.97 Å². The number of rotatable bonds is 7. The summed E-state index contributed by atoms with van der Waals surface area (Å²) in [5, 5.41) is 3.14. The largest absolute Gasteiger partial charge is 0.325 e. The van der Waals surface area contributed by atoms with Crippen molar-refractivity contribution in [1.29, 1.82) is 0 Å². The molecule has 1 heterocycles. The van der Waals surface area contributed by atoms with Gasteiger partial charge in [0.25, 0.3) is 5.56 Å². The van der Waals surface area contributed by atoms with Crippen molar-refractivity contribution in [2.45, 2.75) is 57.4 Å². The zero-order valence-corrected chi connectivity index (χ0v) is 16.0. The van der Waals surface area contributed by atoms with Crippen molar-refractivity contribution in [3.05, 3.63) is 51.4 Å². The molecule has 0 saturated carbocycles. The van der Waals surface area contributed by atoms with E-state index in [0.29, 0.717) is 11.6 Å². The molecule has 2 aromatic rings. The molecule has 0 aliphatic heterocycles. The molecule has 134 valence electrons. The highest BCUT2D eigenvalue weighted by atomic mass is 32.2. The Morgan fingerprint density at radius 2 is 2.00 bits per heavy atom. The number of hydrogen-bond donors (Lipinski definition) is 2. The lowest BCUT2D eigenvalue weighted by Gasteiger charge is -2.15. The number of carbonyl (C=O) groups is 1. The molecule has 6 heteroatoms. The predicted molar refractivity (Wildman–Crippen MR) is 103 cm³/mol. The number of benzene rings is 1. The first-order valence-corrected chi connectivity index (χ1v) is 9.46. The van der Waals surface area contributed by atoms with Gasteiger partial charge in [0.05, 0.1) is 5.25 Å². The summed E-state index contributed by atoms with van der Waals surface area (Å²) in [7, 11) is 0. The van der Waals surface area contributed by atoms with Crippen molar-refractivity contribution in [3.8, 4) is 0 Å². The van der Waals surface area contributed by atoms with Gasteiger partial charge in [-0.2, -0.15) is 0 Å². The fourth-order valence-corrected chi connectivity index (χ4v) is 3.35. The lowest BCUT2D eigenvalue weighted by molar-refractivity contribution is -0.115. The Hall–Kier alpha value is -2.08. The highest BCUT2D eigenvalue weighted by molar-refractivity contribution is 8.00. The molecule has 0 fully saturated rings. The van der Waals surface area contributed by atoms with E-state index in [0.717, 1.165) is 29.8 Å². The molecule has 0 radical (unpaired) electrons. The zero-order chi connectivity index (χ0) is 18.4. The Morgan fingerprint density at radius 3 is 2.64 bits per heavy atom. The van der Waals surface area contributed by atoms with E-state index in [1.54, 1.807) is 0 Å². The first-order valence-electron chi connectivity index (χ1n) is 8.58. The normalized spacial score (nSPS) is 12.0. The molecular formula is C19H25N3O2S. The van der Waals surface area contributed by atoms with Gasteiger partial charge in [-0.05, 0) is 49.9 Å². The summed E-state index contributed by atoms with van der Waals surface area (Å²) in [6.07, 6.45) is 2.32. The maximum atomic E-state index is 12.6. The van der Waals surface area contributed by atoms with E-state index >= 15 is 0 Å². The van der Waals surface area contributed by atoms with Gasteiger partial charge < -0.3 is 10.3 Å². The van der Waals surface area contributed by atoms with E-state index in [2.05, 4.69) is 15.3 Å². The van der Waals surface area contributed by atoms with Gasteiger partial charge in [-0.25, -0.2) is 4.98 Å². The van der Waals surface area contributed by atoms with Crippen LogP contribution in [0.25, 0.3) is 0 Å². The smallest absolute Gasteiger partial charge is 0.251 e. The fourth-order valence-electron chi connectivity index (χ4n) is 2.42. The molecule has 1 amide bonds. The van der Waals surface area contributed by atoms with Gasteiger partial charge in [-0.15, -0.1) is 0 Å². The lowest BCUT2D eigenvalue weighted by Crippen LogP contribution is -2.25. The third-order valence-corrected chi connectivity index (χ3v) is 5.22. The van der Waals surface area contributed by atoms with Gasteiger partial charge in [0.1, 0.15) is 0 Å². The number of anilines is 1. The first kappa shape index (κ1) is 19.2. The van der Waals surface area contributed by atoms with Gasteiger partial charge >= 0.3 is 0 Å². The predicted octanol–water partition coefficient (Wildman–Crippen LogP) is 3.85. The molecule has 1 atom stereocenters. The topological polar surface area (TPSA) is 74.8 Å². The highest BCUT2D eigenvalue weighted by Crippen LogP contribution is 2.23. The number of amides is 1. The standard InChI is InChI=1S/C19H25N3O2S/c1-5-7-14-11-17(23)22-19(21-14)25-16(6-2)18(24)20-15-9-8-12(3)13(4)10-15/h8-11,16H,5-7H2,1-4H3,(H,20,24)(H,21,22,23). The number of nitrogens with zero attached hydrogens (tertiary/aromatic N) is 1. The van der Waals surface area contributed by atoms with Crippen molar-refractivity contribution in [2.75, 3.05) is 5.32 Å². The number of thioether (sulfide) groups is 1. The third-order valence-electron chi connectivity index (χ3n) is 3.97. The second kappa shape index (κ2) is 8.85. The van der Waals surface area contributed by atoms with Gasteiger partial charge in [0.15, 0.2) is 5.16 Å². The van der Waals surface area contributed by atoms with E-state index in [1.165, 1.54) is 23.4 Å². The Labute approximate surface area is 152 Å². The van der Waals surface area contributed by atoms with E-state index in [9.17, 15) is 9.59 Å². The van der Waals surface area contributed by atoms with Crippen molar-refractivity contribution in [3.63, 3.8) is 0 Å². The Morgan fingerprint density at radius 1 is 1.24 bits per heavy atom. The van der Waals surface area contributed by atoms with E-state index in [-0.39, 0.29) is 16.7 Å². The van der Waals surface area contributed by atoms with Crippen LogP contribution in [-0.4, -0.2) is 21.1 Å². The lowest BCUT2D eigenvalue weighted by atomic mass is 10.1. The van der Waals surface area contributed by atoms with E-state index in [1.807, 2.05) is 45.9 Å². The number of aromatic nitrogens is 2. The first-order chi connectivity index (χ1) is 11.9. The number of carbonyl (C=O) groups excluding carboxylic acids is 1. The van der Waals surface area contributed by atoms with Crippen LogP contribution in [0.2, 0.25) is 0 Å². The van der Waals surface area contributed by atoms with Crippen LogP contribution in [0.1, 0.15) is 43.5 Å². The van der Waals surface area contributed by atoms with E-state index in [4.69, 9.17) is 0 Å².